The van der Waals surface area contributed by atoms with Crippen LogP contribution in [0.3, 0.4) is 0 Å². The average Bonchev–Trinajstić information content (AvgIpc) is 3.00. The molecule has 7 nitrogen and oxygen atoms in total. The summed E-state index contributed by atoms with van der Waals surface area (Å²) in [4.78, 5) is 4.32. The van der Waals surface area contributed by atoms with Crippen molar-refractivity contribution in [2.24, 2.45) is 0 Å². The fourth-order valence-corrected chi connectivity index (χ4v) is 3.09. The van der Waals surface area contributed by atoms with Crippen molar-refractivity contribution < 1.29 is 14.6 Å². The van der Waals surface area contributed by atoms with Crippen LogP contribution in [0.4, 0.5) is 5.82 Å². The number of nitrogens with one attached hydrogen (secondary N) is 1. The quantitative estimate of drug-likeness (QED) is 0.744. The number of aromatic nitrogens is 3. The third-order valence-electron chi connectivity index (χ3n) is 3.98. The van der Waals surface area contributed by atoms with E-state index < -0.39 is 6.10 Å². The van der Waals surface area contributed by atoms with Gasteiger partial charge in [-0.2, -0.15) is 5.10 Å². The zero-order chi connectivity index (χ0) is 17.4. The lowest BCUT2D eigenvalue weighted by Crippen LogP contribution is -2.17. The van der Waals surface area contributed by atoms with Crippen LogP contribution in [0.15, 0.2) is 30.6 Å². The van der Waals surface area contributed by atoms with Crippen molar-refractivity contribution in [3.8, 4) is 11.5 Å². The number of hydrogen-bond acceptors (Lipinski definition) is 6. The van der Waals surface area contributed by atoms with Gasteiger partial charge in [-0.1, -0.05) is 11.6 Å². The molecule has 0 radical (unpaired) electrons. The minimum Gasteiger partial charge on any atom is -0.486 e. The molecule has 8 heteroatoms. The zero-order valence-electron chi connectivity index (χ0n) is 13.6. The zero-order valence-corrected chi connectivity index (χ0v) is 14.3. The molecular formula is C17H17ClN4O3. The summed E-state index contributed by atoms with van der Waals surface area (Å²) < 4.78 is 12.8. The molecule has 3 heterocycles. The van der Waals surface area contributed by atoms with Gasteiger partial charge < -0.3 is 19.9 Å². The van der Waals surface area contributed by atoms with Crippen LogP contribution in [0.5, 0.6) is 11.5 Å². The minimum atomic E-state index is -0.778. The number of ether oxygens (including phenoxy) is 2. The Bertz CT molecular complexity index is 928. The second kappa shape index (κ2) is 6.42. The van der Waals surface area contributed by atoms with Crippen LogP contribution >= 0.6 is 11.6 Å². The number of aliphatic hydroxyl groups is 1. The first-order chi connectivity index (χ1) is 12.1. The lowest BCUT2D eigenvalue weighted by atomic mass is 10.1. The summed E-state index contributed by atoms with van der Waals surface area (Å²) in [6.07, 6.45) is 2.67. The minimum absolute atomic E-state index is 0.271. The summed E-state index contributed by atoms with van der Waals surface area (Å²) in [6.45, 7) is 3.12. The Hall–Kier alpha value is -2.51. The maximum atomic E-state index is 10.5. The van der Waals surface area contributed by atoms with E-state index in [4.69, 9.17) is 21.1 Å². The van der Waals surface area contributed by atoms with Crippen LogP contribution in [0.2, 0.25) is 5.02 Å². The van der Waals surface area contributed by atoms with E-state index in [2.05, 4.69) is 15.4 Å². The molecule has 0 fully saturated rings. The molecule has 1 aliphatic heterocycles. The summed E-state index contributed by atoms with van der Waals surface area (Å²) >= 11 is 6.23. The van der Waals surface area contributed by atoms with Crippen molar-refractivity contribution in [2.75, 3.05) is 25.1 Å². The number of rotatable bonds is 4. The highest BCUT2D eigenvalue weighted by atomic mass is 35.5. The molecule has 2 aromatic heterocycles. The highest BCUT2D eigenvalue weighted by Crippen LogP contribution is 2.39. The number of benzene rings is 1. The van der Waals surface area contributed by atoms with E-state index in [9.17, 15) is 5.11 Å². The van der Waals surface area contributed by atoms with Crippen LogP contribution in [-0.4, -0.2) is 39.5 Å². The fraction of sp³-hybridized carbons (Fsp3) is 0.294. The van der Waals surface area contributed by atoms with Gasteiger partial charge >= 0.3 is 0 Å². The predicted octanol–water partition coefficient (Wildman–Crippen LogP) is 2.61. The monoisotopic (exact) mass is 360 g/mol. The van der Waals surface area contributed by atoms with Crippen LogP contribution < -0.4 is 14.8 Å². The van der Waals surface area contributed by atoms with Crippen LogP contribution in [0.1, 0.15) is 17.4 Å². The summed E-state index contributed by atoms with van der Waals surface area (Å²) in [5.74, 6) is 1.74. The molecule has 2 N–H and O–H groups in total. The average molecular weight is 361 g/mol. The van der Waals surface area contributed by atoms with Gasteiger partial charge in [-0.25, -0.2) is 9.50 Å². The van der Waals surface area contributed by atoms with Crippen LogP contribution in [0, 0.1) is 6.92 Å². The van der Waals surface area contributed by atoms with Gasteiger partial charge in [0.15, 0.2) is 17.3 Å². The smallest absolute Gasteiger partial charge is 0.179 e. The molecule has 1 aromatic carbocycles. The number of nitrogens with zero attached hydrogens (tertiary/aromatic N) is 3. The van der Waals surface area contributed by atoms with Gasteiger partial charge in [0.25, 0.3) is 0 Å². The molecular weight excluding hydrogens is 344 g/mol. The van der Waals surface area contributed by atoms with Crippen molar-refractivity contribution in [1.29, 1.82) is 0 Å². The van der Waals surface area contributed by atoms with Crippen molar-refractivity contribution >= 4 is 22.9 Å². The highest BCUT2D eigenvalue weighted by molar-refractivity contribution is 6.32. The largest absolute Gasteiger partial charge is 0.486 e. The van der Waals surface area contributed by atoms with Gasteiger partial charge in [-0.15, -0.1) is 0 Å². The van der Waals surface area contributed by atoms with Gasteiger partial charge in [0.1, 0.15) is 18.7 Å². The van der Waals surface area contributed by atoms with Crippen molar-refractivity contribution in [3.05, 3.63) is 46.9 Å². The normalized spacial score (nSPS) is 14.5. The maximum absolute atomic E-state index is 10.5. The highest BCUT2D eigenvalue weighted by Gasteiger charge is 2.19. The molecule has 130 valence electrons. The van der Waals surface area contributed by atoms with E-state index in [1.807, 2.05) is 13.0 Å². The maximum Gasteiger partial charge on any atom is 0.179 e. The first kappa shape index (κ1) is 16.0. The number of aryl methyl sites for hydroxylation is 1. The van der Waals surface area contributed by atoms with Crippen molar-refractivity contribution in [1.82, 2.24) is 14.6 Å². The molecule has 1 atom stereocenters. The van der Waals surface area contributed by atoms with Gasteiger partial charge in [0, 0.05) is 18.9 Å². The Morgan fingerprint density at radius 3 is 3.04 bits per heavy atom. The lowest BCUT2D eigenvalue weighted by Gasteiger charge is -2.21. The molecule has 0 amide bonds. The number of halogens is 1. The van der Waals surface area contributed by atoms with E-state index >= 15 is 0 Å². The molecule has 0 saturated carbocycles. The first-order valence-electron chi connectivity index (χ1n) is 7.94. The summed E-state index contributed by atoms with van der Waals surface area (Å²) in [7, 11) is 0. The fourth-order valence-electron chi connectivity index (χ4n) is 2.81. The van der Waals surface area contributed by atoms with E-state index in [0.717, 1.165) is 11.2 Å². The predicted molar refractivity (Wildman–Crippen MR) is 93.6 cm³/mol. The van der Waals surface area contributed by atoms with E-state index in [0.29, 0.717) is 41.1 Å². The van der Waals surface area contributed by atoms with Crippen molar-refractivity contribution in [3.63, 3.8) is 0 Å². The van der Waals surface area contributed by atoms with Crippen LogP contribution in [0.25, 0.3) is 5.52 Å². The molecule has 1 unspecified atom stereocenters. The van der Waals surface area contributed by atoms with E-state index in [1.54, 1.807) is 29.0 Å². The Morgan fingerprint density at radius 2 is 2.16 bits per heavy atom. The van der Waals surface area contributed by atoms with Gasteiger partial charge in [0.2, 0.25) is 0 Å². The Labute approximate surface area is 149 Å². The number of hydrogen-bond donors (Lipinski definition) is 2. The summed E-state index contributed by atoms with van der Waals surface area (Å²) in [5.41, 5.74) is 2.40. The third kappa shape index (κ3) is 3.08. The SMILES string of the molecule is Cc1cc2c(NCC(O)c3cc(Cl)c4c(c3)OCCO4)nccn2n1. The van der Waals surface area contributed by atoms with Gasteiger partial charge in [-0.3, -0.25) is 0 Å². The summed E-state index contributed by atoms with van der Waals surface area (Å²) in [5, 5.41) is 18.5. The van der Waals surface area contributed by atoms with Gasteiger partial charge in [0.05, 0.1) is 16.8 Å². The lowest BCUT2D eigenvalue weighted by molar-refractivity contribution is 0.167. The molecule has 4 rings (SSSR count). The van der Waals surface area contributed by atoms with E-state index in [1.165, 1.54) is 0 Å². The molecule has 1 aliphatic rings. The topological polar surface area (TPSA) is 80.9 Å². The van der Waals surface area contributed by atoms with Gasteiger partial charge in [-0.05, 0) is 30.7 Å². The third-order valence-corrected chi connectivity index (χ3v) is 4.26. The molecule has 0 spiro atoms. The summed E-state index contributed by atoms with van der Waals surface area (Å²) in [6, 6.07) is 5.38. The Balaban J connectivity index is 1.54. The second-order valence-corrected chi connectivity index (χ2v) is 6.22. The molecule has 0 aliphatic carbocycles. The number of aliphatic hydroxyl groups excluding tert-OH is 1. The Morgan fingerprint density at radius 1 is 1.32 bits per heavy atom. The molecule has 0 bridgehead atoms. The molecule has 25 heavy (non-hydrogen) atoms. The standard InChI is InChI=1S/C17H17ClN4O3/c1-10-6-13-17(19-2-3-22(13)21-10)20-9-14(23)11-7-12(18)16-15(8-11)24-4-5-25-16/h2-3,6-8,14,23H,4-5,9H2,1H3,(H,19,20). The van der Waals surface area contributed by atoms with Crippen LogP contribution in [-0.2, 0) is 0 Å². The molecule has 0 saturated heterocycles. The molecule has 3 aromatic rings. The Kier molecular flexibility index (Phi) is 4.10. The number of anilines is 1. The first-order valence-corrected chi connectivity index (χ1v) is 8.31. The van der Waals surface area contributed by atoms with E-state index in [-0.39, 0.29) is 6.54 Å². The second-order valence-electron chi connectivity index (χ2n) is 5.81. The number of fused-ring (bicyclic) bond motifs is 2. The van der Waals surface area contributed by atoms with Crippen molar-refractivity contribution in [2.45, 2.75) is 13.0 Å².